The van der Waals surface area contributed by atoms with Gasteiger partial charge in [-0.2, -0.15) is 0 Å². The summed E-state index contributed by atoms with van der Waals surface area (Å²) in [6.45, 7) is 0.129. The molecule has 2 aromatic heterocycles. The van der Waals surface area contributed by atoms with Crippen molar-refractivity contribution in [3.05, 3.63) is 107 Å². The molecule has 0 saturated heterocycles. The van der Waals surface area contributed by atoms with E-state index < -0.39 is 12.5 Å². The highest BCUT2D eigenvalue weighted by molar-refractivity contribution is 6.08. The van der Waals surface area contributed by atoms with E-state index in [0.717, 1.165) is 27.4 Å². The fourth-order valence-corrected chi connectivity index (χ4v) is 4.23. The van der Waals surface area contributed by atoms with E-state index in [1.165, 1.54) is 4.57 Å². The Hall–Kier alpha value is -4.12. The molecule has 0 fully saturated rings. The lowest BCUT2D eigenvalue weighted by Crippen LogP contribution is -2.27. The van der Waals surface area contributed by atoms with Crippen LogP contribution < -0.4 is 5.56 Å². The van der Waals surface area contributed by atoms with Gasteiger partial charge in [-0.3, -0.25) is 14.2 Å². The minimum absolute atomic E-state index is 0.300. The summed E-state index contributed by atoms with van der Waals surface area (Å²) >= 11 is 0. The van der Waals surface area contributed by atoms with Crippen molar-refractivity contribution >= 4 is 27.8 Å². The Labute approximate surface area is 178 Å². The highest BCUT2D eigenvalue weighted by Crippen LogP contribution is 2.31. The van der Waals surface area contributed by atoms with E-state index in [4.69, 9.17) is 0 Å². The molecule has 0 radical (unpaired) electrons. The van der Waals surface area contributed by atoms with Crippen molar-refractivity contribution in [1.82, 2.24) is 9.13 Å². The number of hydrogen-bond donors (Lipinski definition) is 1. The number of aliphatic carboxylic acids is 1. The second-order valence-corrected chi connectivity index (χ2v) is 7.53. The first-order chi connectivity index (χ1) is 15.1. The van der Waals surface area contributed by atoms with Crippen LogP contribution >= 0.6 is 0 Å². The van der Waals surface area contributed by atoms with Crippen molar-refractivity contribution in [2.45, 2.75) is 13.1 Å². The van der Waals surface area contributed by atoms with E-state index in [0.29, 0.717) is 17.8 Å². The molecule has 3 aromatic carbocycles. The number of fused-ring (bicyclic) bond motifs is 3. The lowest BCUT2D eigenvalue weighted by atomic mass is 10.1. The number of aromatic nitrogens is 2. The van der Waals surface area contributed by atoms with Gasteiger partial charge in [-0.1, -0.05) is 78.9 Å². The van der Waals surface area contributed by atoms with Crippen molar-refractivity contribution in [1.29, 1.82) is 0 Å². The van der Waals surface area contributed by atoms with Crippen LogP contribution in [0.5, 0.6) is 0 Å². The van der Waals surface area contributed by atoms with Gasteiger partial charge in [0.05, 0.1) is 5.69 Å². The molecule has 31 heavy (non-hydrogen) atoms. The number of benzene rings is 3. The van der Waals surface area contributed by atoms with Gasteiger partial charge in [0.1, 0.15) is 12.1 Å². The molecule has 0 aliphatic heterocycles. The topological polar surface area (TPSA) is 64.2 Å². The van der Waals surface area contributed by atoms with E-state index in [2.05, 4.69) is 0 Å². The van der Waals surface area contributed by atoms with Gasteiger partial charge in [-0.25, -0.2) is 0 Å². The molecule has 5 aromatic rings. The number of hydrogen-bond acceptors (Lipinski definition) is 2. The predicted molar refractivity (Wildman–Crippen MR) is 122 cm³/mol. The van der Waals surface area contributed by atoms with Crippen LogP contribution in [0.1, 0.15) is 5.56 Å². The zero-order valence-corrected chi connectivity index (χ0v) is 16.7. The van der Waals surface area contributed by atoms with Crippen LogP contribution in [0.3, 0.4) is 0 Å². The standard InChI is InChI=1S/C26H20N2O3/c29-24(30)17-28-23(19-11-5-2-6-12-19)15-21-20-13-7-8-14-22(20)27(25(21)26(28)31)16-18-9-3-1-4-10-18/h1-15H,16-17H2,(H,29,30). The quantitative estimate of drug-likeness (QED) is 0.456. The monoisotopic (exact) mass is 408 g/mol. The van der Waals surface area contributed by atoms with E-state index in [-0.39, 0.29) is 5.56 Å². The maximum Gasteiger partial charge on any atom is 0.323 e. The summed E-state index contributed by atoms with van der Waals surface area (Å²) < 4.78 is 3.36. The molecule has 5 nitrogen and oxygen atoms in total. The normalized spacial score (nSPS) is 11.2. The number of pyridine rings is 1. The average Bonchev–Trinajstić information content (AvgIpc) is 3.10. The van der Waals surface area contributed by atoms with E-state index in [1.807, 2.05) is 95.6 Å². The second-order valence-electron chi connectivity index (χ2n) is 7.53. The molecular formula is C26H20N2O3. The summed E-state index contributed by atoms with van der Waals surface area (Å²) in [6.07, 6.45) is 0. The third-order valence-corrected chi connectivity index (χ3v) is 5.58. The molecule has 0 atom stereocenters. The van der Waals surface area contributed by atoms with Crippen LogP contribution in [0, 0.1) is 0 Å². The Morgan fingerprint density at radius 2 is 1.42 bits per heavy atom. The highest BCUT2D eigenvalue weighted by atomic mass is 16.4. The molecule has 5 heteroatoms. The Kier molecular flexibility index (Phi) is 4.64. The summed E-state index contributed by atoms with van der Waals surface area (Å²) in [7, 11) is 0. The zero-order chi connectivity index (χ0) is 21.4. The number of carboxylic acids is 1. The number of para-hydroxylation sites is 1. The first kappa shape index (κ1) is 18.9. The Balaban J connectivity index is 1.88. The fraction of sp³-hybridized carbons (Fsp3) is 0.0769. The summed E-state index contributed by atoms with van der Waals surface area (Å²) in [4.78, 5) is 25.3. The van der Waals surface area contributed by atoms with Gasteiger partial charge in [0.2, 0.25) is 0 Å². The molecule has 0 spiro atoms. The zero-order valence-electron chi connectivity index (χ0n) is 16.7. The summed E-state index contributed by atoms with van der Waals surface area (Å²) in [5, 5.41) is 11.3. The van der Waals surface area contributed by atoms with Gasteiger partial charge in [0, 0.05) is 22.8 Å². The maximum absolute atomic E-state index is 13.7. The molecule has 0 aliphatic carbocycles. The first-order valence-electron chi connectivity index (χ1n) is 10.1. The number of rotatable bonds is 5. The van der Waals surface area contributed by atoms with Gasteiger partial charge < -0.3 is 9.67 Å². The minimum Gasteiger partial charge on any atom is -0.480 e. The first-order valence-corrected chi connectivity index (χ1v) is 10.1. The summed E-state index contributed by atoms with van der Waals surface area (Å²) in [5.41, 5.74) is 3.65. The Bertz CT molecular complexity index is 1470. The van der Waals surface area contributed by atoms with Crippen LogP contribution in [-0.2, 0) is 17.9 Å². The van der Waals surface area contributed by atoms with Gasteiger partial charge in [0.25, 0.3) is 5.56 Å². The Morgan fingerprint density at radius 1 is 0.774 bits per heavy atom. The van der Waals surface area contributed by atoms with Gasteiger partial charge in [-0.15, -0.1) is 0 Å². The van der Waals surface area contributed by atoms with Crippen molar-refractivity contribution < 1.29 is 9.90 Å². The predicted octanol–water partition coefficient (Wildman–Crippen LogP) is 4.76. The summed E-state index contributed by atoms with van der Waals surface area (Å²) in [5.74, 6) is -1.05. The molecule has 0 amide bonds. The number of nitrogens with zero attached hydrogens (tertiary/aromatic N) is 2. The molecule has 1 N–H and O–H groups in total. The molecule has 2 heterocycles. The van der Waals surface area contributed by atoms with Crippen molar-refractivity contribution in [3.63, 3.8) is 0 Å². The van der Waals surface area contributed by atoms with E-state index >= 15 is 0 Å². The highest BCUT2D eigenvalue weighted by Gasteiger charge is 2.20. The largest absolute Gasteiger partial charge is 0.480 e. The van der Waals surface area contributed by atoms with E-state index in [1.54, 1.807) is 0 Å². The number of carbonyl (C=O) groups is 1. The molecule has 5 rings (SSSR count). The SMILES string of the molecule is O=C(O)Cn1c(-c2ccccc2)cc2c3ccccc3n(Cc3ccccc3)c2c1=O. The smallest absolute Gasteiger partial charge is 0.323 e. The van der Waals surface area contributed by atoms with Gasteiger partial charge in [0.15, 0.2) is 0 Å². The minimum atomic E-state index is -1.05. The number of carboxylic acid groups (broad SMARTS) is 1. The van der Waals surface area contributed by atoms with Crippen LogP contribution in [0.2, 0.25) is 0 Å². The van der Waals surface area contributed by atoms with Crippen LogP contribution in [0.25, 0.3) is 33.1 Å². The van der Waals surface area contributed by atoms with Crippen molar-refractivity contribution in [2.75, 3.05) is 0 Å². The van der Waals surface area contributed by atoms with Crippen molar-refractivity contribution in [2.24, 2.45) is 0 Å². The van der Waals surface area contributed by atoms with Gasteiger partial charge >= 0.3 is 5.97 Å². The van der Waals surface area contributed by atoms with Crippen LogP contribution in [-0.4, -0.2) is 20.2 Å². The fourth-order valence-electron chi connectivity index (χ4n) is 4.23. The third kappa shape index (κ3) is 3.30. The van der Waals surface area contributed by atoms with E-state index in [9.17, 15) is 14.7 Å². The molecule has 152 valence electrons. The van der Waals surface area contributed by atoms with Gasteiger partial charge in [-0.05, 0) is 23.3 Å². The molecule has 0 aliphatic rings. The molecule has 0 bridgehead atoms. The third-order valence-electron chi connectivity index (χ3n) is 5.58. The Morgan fingerprint density at radius 3 is 2.13 bits per heavy atom. The molecule has 0 unspecified atom stereocenters. The molecular weight excluding hydrogens is 388 g/mol. The van der Waals surface area contributed by atoms with Crippen molar-refractivity contribution in [3.8, 4) is 11.3 Å². The summed E-state index contributed by atoms with van der Waals surface area (Å²) in [6, 6.07) is 29.3. The lowest BCUT2D eigenvalue weighted by Gasteiger charge is -2.13. The van der Waals surface area contributed by atoms with Crippen LogP contribution in [0.15, 0.2) is 95.8 Å². The average molecular weight is 408 g/mol. The van der Waals surface area contributed by atoms with Crippen LogP contribution in [0.4, 0.5) is 0 Å². The second kappa shape index (κ2) is 7.61. The lowest BCUT2D eigenvalue weighted by molar-refractivity contribution is -0.137. The molecule has 0 saturated carbocycles. The maximum atomic E-state index is 13.7.